The molecule has 0 rings (SSSR count). The van der Waals surface area contributed by atoms with Gasteiger partial charge in [0, 0.05) is 0 Å². The first-order valence-corrected chi connectivity index (χ1v) is 6.34. The first-order chi connectivity index (χ1) is 6.62. The summed E-state index contributed by atoms with van der Waals surface area (Å²) in [4.78, 5) is 0. The largest absolute Gasteiger partial charge is 0.389 e. The Bertz CT molecular complexity index is 178. The quantitative estimate of drug-likeness (QED) is 0.725. The summed E-state index contributed by atoms with van der Waals surface area (Å²) in [7, 11) is 0. The van der Waals surface area contributed by atoms with Gasteiger partial charge in [-0.2, -0.15) is 0 Å². The van der Waals surface area contributed by atoms with Crippen LogP contribution in [0.1, 0.15) is 67.7 Å². The summed E-state index contributed by atoms with van der Waals surface area (Å²) in [6.45, 7) is 15.3. The smallest absolute Gasteiger partial charge is 0.0695 e. The summed E-state index contributed by atoms with van der Waals surface area (Å²) in [6, 6.07) is 0. The van der Waals surface area contributed by atoms with Crippen molar-refractivity contribution in [2.24, 2.45) is 17.3 Å². The van der Waals surface area contributed by atoms with E-state index in [-0.39, 0.29) is 5.41 Å². The van der Waals surface area contributed by atoms with Crippen LogP contribution in [0, 0.1) is 17.3 Å². The van der Waals surface area contributed by atoms with Crippen LogP contribution in [-0.2, 0) is 0 Å². The lowest BCUT2D eigenvalue weighted by Gasteiger charge is -2.41. The zero-order valence-corrected chi connectivity index (χ0v) is 11.7. The molecule has 0 heterocycles. The molecule has 1 nitrogen and oxygen atoms in total. The minimum atomic E-state index is -0.513. The maximum atomic E-state index is 10.6. The van der Waals surface area contributed by atoms with Crippen molar-refractivity contribution in [1.82, 2.24) is 0 Å². The van der Waals surface area contributed by atoms with E-state index in [9.17, 15) is 5.11 Å². The van der Waals surface area contributed by atoms with Gasteiger partial charge in [0.15, 0.2) is 0 Å². The van der Waals surface area contributed by atoms with Crippen LogP contribution < -0.4 is 0 Å². The second-order valence-electron chi connectivity index (χ2n) is 6.57. The van der Waals surface area contributed by atoms with Gasteiger partial charge >= 0.3 is 0 Å². The summed E-state index contributed by atoms with van der Waals surface area (Å²) >= 11 is 0. The highest BCUT2D eigenvalue weighted by molar-refractivity contribution is 4.90. The molecule has 0 aliphatic carbocycles. The molecule has 0 amide bonds. The topological polar surface area (TPSA) is 20.2 Å². The Kier molecular flexibility index (Phi) is 5.32. The van der Waals surface area contributed by atoms with Gasteiger partial charge in [-0.1, -0.05) is 48.5 Å². The van der Waals surface area contributed by atoms with E-state index in [1.54, 1.807) is 0 Å². The molecular weight excluding hydrogens is 184 g/mol. The molecule has 0 spiro atoms. The Labute approximate surface area is 96.3 Å². The SMILES string of the molecule is CCC(O)(CC(C)CC(C)C)C(C)(C)C. The highest BCUT2D eigenvalue weighted by Crippen LogP contribution is 2.39. The van der Waals surface area contributed by atoms with Crippen LogP contribution in [0.5, 0.6) is 0 Å². The lowest BCUT2D eigenvalue weighted by Crippen LogP contribution is -2.43. The highest BCUT2D eigenvalue weighted by Gasteiger charge is 2.39. The van der Waals surface area contributed by atoms with Crippen LogP contribution in [0.4, 0.5) is 0 Å². The van der Waals surface area contributed by atoms with E-state index in [0.717, 1.165) is 18.8 Å². The maximum Gasteiger partial charge on any atom is 0.0695 e. The summed E-state index contributed by atoms with van der Waals surface area (Å²) in [5.41, 5.74) is -0.533. The van der Waals surface area contributed by atoms with Crippen molar-refractivity contribution >= 4 is 0 Å². The minimum Gasteiger partial charge on any atom is -0.389 e. The Balaban J connectivity index is 4.45. The van der Waals surface area contributed by atoms with E-state index in [1.165, 1.54) is 6.42 Å². The van der Waals surface area contributed by atoms with E-state index >= 15 is 0 Å². The molecule has 0 aromatic rings. The fourth-order valence-electron chi connectivity index (χ4n) is 2.45. The summed E-state index contributed by atoms with van der Waals surface area (Å²) < 4.78 is 0. The van der Waals surface area contributed by atoms with Crippen molar-refractivity contribution in [3.05, 3.63) is 0 Å². The van der Waals surface area contributed by atoms with Gasteiger partial charge in [-0.05, 0) is 36.5 Å². The second-order valence-corrected chi connectivity index (χ2v) is 6.57. The molecule has 0 aromatic heterocycles. The molecule has 2 unspecified atom stereocenters. The fraction of sp³-hybridized carbons (Fsp3) is 1.00. The van der Waals surface area contributed by atoms with Crippen molar-refractivity contribution in [1.29, 1.82) is 0 Å². The van der Waals surface area contributed by atoms with Crippen molar-refractivity contribution in [3.8, 4) is 0 Å². The van der Waals surface area contributed by atoms with Crippen molar-refractivity contribution in [3.63, 3.8) is 0 Å². The minimum absolute atomic E-state index is 0.0208. The Morgan fingerprint density at radius 2 is 1.53 bits per heavy atom. The molecule has 0 fully saturated rings. The molecule has 0 aromatic carbocycles. The Morgan fingerprint density at radius 1 is 1.07 bits per heavy atom. The van der Waals surface area contributed by atoms with Gasteiger partial charge in [-0.25, -0.2) is 0 Å². The van der Waals surface area contributed by atoms with Crippen LogP contribution in [0.3, 0.4) is 0 Å². The van der Waals surface area contributed by atoms with Gasteiger partial charge in [0.25, 0.3) is 0 Å². The van der Waals surface area contributed by atoms with E-state index in [2.05, 4.69) is 48.5 Å². The van der Waals surface area contributed by atoms with Crippen LogP contribution in [0.15, 0.2) is 0 Å². The first kappa shape index (κ1) is 15.0. The zero-order valence-electron chi connectivity index (χ0n) is 11.7. The third-order valence-corrected chi connectivity index (χ3v) is 3.54. The molecule has 15 heavy (non-hydrogen) atoms. The maximum absolute atomic E-state index is 10.6. The van der Waals surface area contributed by atoms with Crippen molar-refractivity contribution < 1.29 is 5.11 Å². The molecule has 0 saturated heterocycles. The van der Waals surface area contributed by atoms with E-state index in [4.69, 9.17) is 0 Å². The number of hydrogen-bond acceptors (Lipinski definition) is 1. The molecule has 0 radical (unpaired) electrons. The number of aliphatic hydroxyl groups is 1. The predicted molar refractivity (Wildman–Crippen MR) is 67.9 cm³/mol. The van der Waals surface area contributed by atoms with Gasteiger partial charge in [0.2, 0.25) is 0 Å². The van der Waals surface area contributed by atoms with Crippen molar-refractivity contribution in [2.75, 3.05) is 0 Å². The van der Waals surface area contributed by atoms with E-state index in [1.807, 2.05) is 0 Å². The molecule has 1 heteroatoms. The van der Waals surface area contributed by atoms with Gasteiger partial charge < -0.3 is 5.11 Å². The molecule has 0 aliphatic rings. The average molecular weight is 214 g/mol. The summed E-state index contributed by atoms with van der Waals surface area (Å²) in [5, 5.41) is 10.6. The Hall–Kier alpha value is -0.0400. The van der Waals surface area contributed by atoms with Gasteiger partial charge in [-0.3, -0.25) is 0 Å². The lowest BCUT2D eigenvalue weighted by molar-refractivity contribution is -0.0784. The lowest BCUT2D eigenvalue weighted by atomic mass is 9.69. The van der Waals surface area contributed by atoms with Crippen LogP contribution in [0.2, 0.25) is 0 Å². The van der Waals surface area contributed by atoms with Gasteiger partial charge in [0.05, 0.1) is 5.60 Å². The number of hydrogen-bond donors (Lipinski definition) is 1. The monoisotopic (exact) mass is 214 g/mol. The van der Waals surface area contributed by atoms with E-state index in [0.29, 0.717) is 5.92 Å². The summed E-state index contributed by atoms with van der Waals surface area (Å²) in [6.07, 6.45) is 2.97. The summed E-state index contributed by atoms with van der Waals surface area (Å²) in [5.74, 6) is 1.33. The van der Waals surface area contributed by atoms with E-state index < -0.39 is 5.60 Å². The highest BCUT2D eigenvalue weighted by atomic mass is 16.3. The number of rotatable bonds is 5. The molecule has 2 atom stereocenters. The second kappa shape index (κ2) is 5.34. The van der Waals surface area contributed by atoms with Crippen LogP contribution in [0.25, 0.3) is 0 Å². The Morgan fingerprint density at radius 3 is 1.80 bits per heavy atom. The predicted octanol–water partition coefficient (Wildman–Crippen LogP) is 4.25. The molecule has 1 N–H and O–H groups in total. The third kappa shape index (κ3) is 4.55. The standard InChI is InChI=1S/C14H30O/c1-8-14(15,13(5,6)7)10-12(4)9-11(2)3/h11-12,15H,8-10H2,1-7H3. The average Bonchev–Trinajstić information content (AvgIpc) is 2.00. The first-order valence-electron chi connectivity index (χ1n) is 6.34. The molecule has 0 bridgehead atoms. The molecule has 0 aliphatic heterocycles. The van der Waals surface area contributed by atoms with Crippen LogP contribution in [-0.4, -0.2) is 10.7 Å². The molecule has 92 valence electrons. The van der Waals surface area contributed by atoms with Gasteiger partial charge in [0.1, 0.15) is 0 Å². The normalized spacial score (nSPS) is 19.0. The van der Waals surface area contributed by atoms with Crippen LogP contribution >= 0.6 is 0 Å². The third-order valence-electron chi connectivity index (χ3n) is 3.54. The van der Waals surface area contributed by atoms with Crippen molar-refractivity contribution in [2.45, 2.75) is 73.3 Å². The molecular formula is C14H30O. The molecule has 0 saturated carbocycles. The fourth-order valence-corrected chi connectivity index (χ4v) is 2.45. The zero-order chi connectivity index (χ0) is 12.3. The van der Waals surface area contributed by atoms with Gasteiger partial charge in [-0.15, -0.1) is 0 Å².